The van der Waals surface area contributed by atoms with E-state index in [1.54, 1.807) is 17.9 Å². The molecular formula is C12H13BrN4O3. The van der Waals surface area contributed by atoms with Gasteiger partial charge in [-0.25, -0.2) is 0 Å². The van der Waals surface area contributed by atoms with Crippen LogP contribution in [0.1, 0.15) is 28.2 Å². The van der Waals surface area contributed by atoms with Crippen molar-refractivity contribution < 1.29 is 14.3 Å². The van der Waals surface area contributed by atoms with Gasteiger partial charge >= 0.3 is 0 Å². The lowest BCUT2D eigenvalue weighted by molar-refractivity contribution is 0.0372. The molecule has 0 saturated carbocycles. The molecular weight excluding hydrogens is 328 g/mol. The molecule has 1 saturated heterocycles. The summed E-state index contributed by atoms with van der Waals surface area (Å²) < 4.78 is 5.87. The summed E-state index contributed by atoms with van der Waals surface area (Å²) in [5, 5.41) is 20.6. The molecule has 1 aliphatic rings. The number of carbonyl (C=O) groups excluding carboxylic acids is 1. The van der Waals surface area contributed by atoms with Crippen LogP contribution in [-0.4, -0.2) is 44.4 Å². The Morgan fingerprint density at radius 3 is 3.05 bits per heavy atom. The zero-order chi connectivity index (χ0) is 14.3. The molecule has 2 N–H and O–H groups in total. The van der Waals surface area contributed by atoms with Gasteiger partial charge in [0.15, 0.2) is 10.4 Å². The topological polar surface area (TPSA) is 95.3 Å². The van der Waals surface area contributed by atoms with Crippen molar-refractivity contribution in [1.82, 2.24) is 20.3 Å². The summed E-state index contributed by atoms with van der Waals surface area (Å²) in [7, 11) is 0. The average Bonchev–Trinajstić information content (AvgIpc) is 3.09. The van der Waals surface area contributed by atoms with E-state index in [4.69, 9.17) is 4.42 Å². The Kier molecular flexibility index (Phi) is 3.14. The second-order valence-corrected chi connectivity index (χ2v) is 5.71. The quantitative estimate of drug-likeness (QED) is 0.856. The summed E-state index contributed by atoms with van der Waals surface area (Å²) in [5.41, 5.74) is 0.0596. The van der Waals surface area contributed by atoms with Gasteiger partial charge in [-0.15, -0.1) is 0 Å². The molecule has 0 aromatic carbocycles. The monoisotopic (exact) mass is 340 g/mol. The Labute approximate surface area is 123 Å². The van der Waals surface area contributed by atoms with E-state index in [1.807, 2.05) is 0 Å². The number of halogens is 1. The van der Waals surface area contributed by atoms with Crippen molar-refractivity contribution in [3.63, 3.8) is 0 Å². The number of aromatic nitrogens is 3. The van der Waals surface area contributed by atoms with Gasteiger partial charge in [-0.1, -0.05) is 0 Å². The summed E-state index contributed by atoms with van der Waals surface area (Å²) in [4.78, 5) is 14.0. The first kappa shape index (κ1) is 13.3. The highest BCUT2D eigenvalue weighted by atomic mass is 79.9. The summed E-state index contributed by atoms with van der Waals surface area (Å²) >= 11 is 3.20. The first-order valence-corrected chi connectivity index (χ1v) is 6.93. The molecule has 0 aliphatic carbocycles. The zero-order valence-corrected chi connectivity index (χ0v) is 12.3. The van der Waals surface area contributed by atoms with E-state index in [0.29, 0.717) is 29.1 Å². The maximum Gasteiger partial charge on any atom is 0.290 e. The summed E-state index contributed by atoms with van der Waals surface area (Å²) in [5.74, 6) is 0.0638. The lowest BCUT2D eigenvalue weighted by Gasteiger charge is -2.20. The molecule has 0 radical (unpaired) electrons. The third-order valence-electron chi connectivity index (χ3n) is 3.51. The predicted molar refractivity (Wildman–Crippen MR) is 71.9 cm³/mol. The number of nitrogens with zero attached hydrogens (tertiary/aromatic N) is 3. The maximum atomic E-state index is 12.4. The van der Waals surface area contributed by atoms with Crippen molar-refractivity contribution in [3.8, 4) is 0 Å². The number of nitrogens with one attached hydrogen (secondary N) is 1. The number of carbonyl (C=O) groups is 1. The average molecular weight is 341 g/mol. The van der Waals surface area contributed by atoms with Crippen molar-refractivity contribution in [1.29, 1.82) is 0 Å². The van der Waals surface area contributed by atoms with Crippen LogP contribution in [0.25, 0.3) is 0 Å². The molecule has 20 heavy (non-hydrogen) atoms. The van der Waals surface area contributed by atoms with Crippen LogP contribution in [0.15, 0.2) is 21.3 Å². The van der Waals surface area contributed by atoms with Crippen LogP contribution in [0, 0.1) is 6.92 Å². The highest BCUT2D eigenvalue weighted by molar-refractivity contribution is 9.10. The molecule has 106 valence electrons. The highest BCUT2D eigenvalue weighted by Crippen LogP contribution is 2.32. The van der Waals surface area contributed by atoms with Crippen LogP contribution >= 0.6 is 15.9 Å². The van der Waals surface area contributed by atoms with E-state index in [9.17, 15) is 9.90 Å². The normalized spacial score (nSPS) is 22.4. The molecule has 0 spiro atoms. The predicted octanol–water partition coefficient (Wildman–Crippen LogP) is 1.20. The number of amides is 1. The maximum absolute atomic E-state index is 12.4. The minimum absolute atomic E-state index is 0.177. The minimum atomic E-state index is -1.15. The van der Waals surface area contributed by atoms with Crippen molar-refractivity contribution in [3.05, 3.63) is 34.0 Å². The van der Waals surface area contributed by atoms with Gasteiger partial charge < -0.3 is 14.4 Å². The molecule has 3 rings (SSSR count). The molecule has 1 unspecified atom stereocenters. The highest BCUT2D eigenvalue weighted by Gasteiger charge is 2.42. The van der Waals surface area contributed by atoms with Gasteiger partial charge in [-0.3, -0.25) is 4.79 Å². The van der Waals surface area contributed by atoms with Gasteiger partial charge in [0.1, 0.15) is 11.3 Å². The molecule has 2 aromatic heterocycles. The standard InChI is InChI=1S/C12H13BrN4O3/c1-7-4-9(13)20-10(7)11(18)17-3-2-12(19,6-17)8-5-14-16-15-8/h4-5,19H,2-3,6H2,1H3,(H,14,15,16). The van der Waals surface area contributed by atoms with E-state index < -0.39 is 5.60 Å². The number of hydrogen-bond donors (Lipinski definition) is 2. The van der Waals surface area contributed by atoms with E-state index >= 15 is 0 Å². The van der Waals surface area contributed by atoms with Crippen molar-refractivity contribution in [2.45, 2.75) is 18.9 Å². The Morgan fingerprint density at radius 2 is 2.45 bits per heavy atom. The fourth-order valence-electron chi connectivity index (χ4n) is 2.40. The van der Waals surface area contributed by atoms with Gasteiger partial charge in [-0.05, 0) is 28.9 Å². The van der Waals surface area contributed by atoms with E-state index in [1.165, 1.54) is 6.20 Å². The first-order chi connectivity index (χ1) is 9.49. The number of hydrogen-bond acceptors (Lipinski definition) is 5. The molecule has 1 aliphatic heterocycles. The van der Waals surface area contributed by atoms with Crippen LogP contribution < -0.4 is 0 Å². The number of H-pyrrole nitrogens is 1. The van der Waals surface area contributed by atoms with E-state index in [-0.39, 0.29) is 12.5 Å². The molecule has 3 heterocycles. The fraction of sp³-hybridized carbons (Fsp3) is 0.417. The number of β-amino-alcohol motifs (C(OH)–C–C–N with tert-alkyl or cyclic N) is 1. The molecule has 1 atom stereocenters. The summed E-state index contributed by atoms with van der Waals surface area (Å²) in [6.07, 6.45) is 1.90. The van der Waals surface area contributed by atoms with Crippen molar-refractivity contribution in [2.24, 2.45) is 0 Å². The third-order valence-corrected chi connectivity index (χ3v) is 3.90. The Balaban J connectivity index is 1.81. The van der Waals surface area contributed by atoms with Crippen LogP contribution in [0.5, 0.6) is 0 Å². The molecule has 7 nitrogen and oxygen atoms in total. The van der Waals surface area contributed by atoms with Gasteiger partial charge in [0.2, 0.25) is 0 Å². The molecule has 0 bridgehead atoms. The van der Waals surface area contributed by atoms with E-state index in [0.717, 1.165) is 5.56 Å². The summed E-state index contributed by atoms with van der Waals surface area (Å²) in [6.45, 7) is 2.43. The minimum Gasteiger partial charge on any atom is -0.444 e. The zero-order valence-electron chi connectivity index (χ0n) is 10.8. The Morgan fingerprint density at radius 1 is 1.65 bits per heavy atom. The first-order valence-electron chi connectivity index (χ1n) is 6.13. The molecule has 8 heteroatoms. The molecule has 1 fully saturated rings. The number of rotatable bonds is 2. The smallest absolute Gasteiger partial charge is 0.290 e. The van der Waals surface area contributed by atoms with Crippen LogP contribution in [0.2, 0.25) is 0 Å². The number of aliphatic hydroxyl groups is 1. The largest absolute Gasteiger partial charge is 0.444 e. The van der Waals surface area contributed by atoms with Crippen LogP contribution in [0.4, 0.5) is 0 Å². The third kappa shape index (κ3) is 2.14. The SMILES string of the molecule is Cc1cc(Br)oc1C(=O)N1CCC(O)(c2cn[nH]n2)C1. The number of aromatic amines is 1. The molecule has 1 amide bonds. The second-order valence-electron chi connectivity index (χ2n) is 4.93. The van der Waals surface area contributed by atoms with Gasteiger partial charge in [0, 0.05) is 18.5 Å². The van der Waals surface area contributed by atoms with Gasteiger partial charge in [0.05, 0.1) is 12.7 Å². The Bertz CT molecular complexity index is 639. The molecule has 2 aromatic rings. The summed E-state index contributed by atoms with van der Waals surface area (Å²) in [6, 6.07) is 1.74. The lowest BCUT2D eigenvalue weighted by Crippen LogP contribution is -2.34. The number of furan rings is 1. The van der Waals surface area contributed by atoms with Crippen molar-refractivity contribution in [2.75, 3.05) is 13.1 Å². The fourth-order valence-corrected chi connectivity index (χ4v) is 2.91. The van der Waals surface area contributed by atoms with E-state index in [2.05, 4.69) is 31.3 Å². The van der Waals surface area contributed by atoms with Crippen LogP contribution in [-0.2, 0) is 5.60 Å². The van der Waals surface area contributed by atoms with Gasteiger partial charge in [-0.2, -0.15) is 15.4 Å². The lowest BCUT2D eigenvalue weighted by atomic mass is 10.00. The van der Waals surface area contributed by atoms with Crippen molar-refractivity contribution >= 4 is 21.8 Å². The van der Waals surface area contributed by atoms with Crippen LogP contribution in [0.3, 0.4) is 0 Å². The van der Waals surface area contributed by atoms with Gasteiger partial charge in [0.25, 0.3) is 5.91 Å². The Hall–Kier alpha value is -1.67. The number of aryl methyl sites for hydroxylation is 1. The number of likely N-dealkylation sites (tertiary alicyclic amines) is 1. The second kappa shape index (κ2) is 4.71.